The molecule has 2 aliphatic heterocycles. The molecule has 4 heteroatoms. The van der Waals surface area contributed by atoms with Gasteiger partial charge in [0.15, 0.2) is 0 Å². The van der Waals surface area contributed by atoms with Crippen LogP contribution in [-0.4, -0.2) is 43.8 Å². The molecule has 3 atom stereocenters. The van der Waals surface area contributed by atoms with Gasteiger partial charge in [-0.2, -0.15) is 0 Å². The number of piperidine rings is 1. The summed E-state index contributed by atoms with van der Waals surface area (Å²) in [6.07, 6.45) is 0.930. The van der Waals surface area contributed by atoms with E-state index in [2.05, 4.69) is 12.2 Å². The summed E-state index contributed by atoms with van der Waals surface area (Å²) < 4.78 is 4.78. The number of hydrogen-bond acceptors (Lipinski definition) is 3. The fourth-order valence-corrected chi connectivity index (χ4v) is 2.75. The third kappa shape index (κ3) is 1.47. The Morgan fingerprint density at radius 1 is 1.50 bits per heavy atom. The van der Waals surface area contributed by atoms with Crippen molar-refractivity contribution in [3.05, 3.63) is 0 Å². The van der Waals surface area contributed by atoms with Gasteiger partial charge in [0.25, 0.3) is 0 Å². The lowest BCUT2D eigenvalue weighted by atomic mass is 9.83. The number of fused-ring (bicyclic) bond motifs is 1. The SMILES string of the molecule is COC(=O)N1CCC2CNCC2C1C. The zero-order chi connectivity index (χ0) is 10.1. The molecule has 1 amide bonds. The van der Waals surface area contributed by atoms with Crippen molar-refractivity contribution < 1.29 is 9.53 Å². The average Bonchev–Trinajstić information content (AvgIpc) is 2.66. The first-order valence-corrected chi connectivity index (χ1v) is 5.29. The van der Waals surface area contributed by atoms with Crippen LogP contribution in [0.25, 0.3) is 0 Å². The monoisotopic (exact) mass is 198 g/mol. The summed E-state index contributed by atoms with van der Waals surface area (Å²) in [5.74, 6) is 1.37. The number of likely N-dealkylation sites (tertiary alicyclic amines) is 1. The van der Waals surface area contributed by atoms with Crippen LogP contribution in [0.3, 0.4) is 0 Å². The van der Waals surface area contributed by atoms with Gasteiger partial charge in [0.1, 0.15) is 0 Å². The maximum absolute atomic E-state index is 11.4. The van der Waals surface area contributed by atoms with Crippen molar-refractivity contribution in [1.82, 2.24) is 10.2 Å². The molecule has 2 heterocycles. The molecule has 0 radical (unpaired) electrons. The molecule has 14 heavy (non-hydrogen) atoms. The van der Waals surface area contributed by atoms with E-state index >= 15 is 0 Å². The molecule has 2 fully saturated rings. The Morgan fingerprint density at radius 3 is 3.00 bits per heavy atom. The smallest absolute Gasteiger partial charge is 0.409 e. The molecule has 0 saturated carbocycles. The van der Waals surface area contributed by atoms with Crippen molar-refractivity contribution >= 4 is 6.09 Å². The molecule has 2 saturated heterocycles. The molecule has 0 bridgehead atoms. The summed E-state index contributed by atoms with van der Waals surface area (Å²) >= 11 is 0. The minimum Gasteiger partial charge on any atom is -0.453 e. The van der Waals surface area contributed by atoms with Crippen LogP contribution in [0.5, 0.6) is 0 Å². The number of carbonyl (C=O) groups is 1. The predicted molar refractivity (Wildman–Crippen MR) is 53.0 cm³/mol. The number of nitrogens with one attached hydrogen (secondary N) is 1. The molecule has 0 spiro atoms. The highest BCUT2D eigenvalue weighted by molar-refractivity contribution is 5.68. The van der Waals surface area contributed by atoms with Crippen LogP contribution in [0, 0.1) is 11.8 Å². The van der Waals surface area contributed by atoms with Crippen LogP contribution in [0.1, 0.15) is 13.3 Å². The van der Waals surface area contributed by atoms with Crippen LogP contribution in [0.4, 0.5) is 4.79 Å². The molecule has 0 aromatic carbocycles. The van der Waals surface area contributed by atoms with E-state index in [-0.39, 0.29) is 6.09 Å². The van der Waals surface area contributed by atoms with Crippen molar-refractivity contribution in [2.75, 3.05) is 26.7 Å². The maximum Gasteiger partial charge on any atom is 0.409 e. The van der Waals surface area contributed by atoms with E-state index in [0.717, 1.165) is 32.0 Å². The second-order valence-electron chi connectivity index (χ2n) is 4.27. The van der Waals surface area contributed by atoms with Crippen LogP contribution >= 0.6 is 0 Å². The van der Waals surface area contributed by atoms with E-state index in [0.29, 0.717) is 12.0 Å². The highest BCUT2D eigenvalue weighted by atomic mass is 16.5. The summed E-state index contributed by atoms with van der Waals surface area (Å²) in [7, 11) is 1.45. The van der Waals surface area contributed by atoms with Crippen molar-refractivity contribution in [1.29, 1.82) is 0 Å². The van der Waals surface area contributed by atoms with Gasteiger partial charge in [-0.1, -0.05) is 0 Å². The average molecular weight is 198 g/mol. The van der Waals surface area contributed by atoms with Gasteiger partial charge in [-0.15, -0.1) is 0 Å². The molecule has 4 nitrogen and oxygen atoms in total. The minimum atomic E-state index is -0.178. The molecule has 0 aromatic heterocycles. The standard InChI is InChI=1S/C10H18N2O2/c1-7-9-6-11-5-8(9)3-4-12(7)10(13)14-2/h7-9,11H,3-6H2,1-2H3. The lowest BCUT2D eigenvalue weighted by Crippen LogP contribution is -2.49. The van der Waals surface area contributed by atoms with Gasteiger partial charge >= 0.3 is 6.09 Å². The minimum absolute atomic E-state index is 0.178. The van der Waals surface area contributed by atoms with Crippen molar-refractivity contribution in [3.8, 4) is 0 Å². The summed E-state index contributed by atoms with van der Waals surface area (Å²) in [5, 5.41) is 3.39. The molecule has 1 N–H and O–H groups in total. The first-order valence-electron chi connectivity index (χ1n) is 5.29. The second kappa shape index (κ2) is 3.77. The van der Waals surface area contributed by atoms with E-state index in [4.69, 9.17) is 4.74 Å². The van der Waals surface area contributed by atoms with Gasteiger partial charge in [0.2, 0.25) is 0 Å². The van der Waals surface area contributed by atoms with Gasteiger partial charge in [-0.25, -0.2) is 4.79 Å². The number of methoxy groups -OCH3 is 1. The van der Waals surface area contributed by atoms with Crippen LogP contribution in [-0.2, 0) is 4.74 Å². The van der Waals surface area contributed by atoms with Crippen molar-refractivity contribution in [2.24, 2.45) is 11.8 Å². The molecule has 3 unspecified atom stereocenters. The largest absolute Gasteiger partial charge is 0.453 e. The van der Waals surface area contributed by atoms with Gasteiger partial charge in [0, 0.05) is 19.1 Å². The topological polar surface area (TPSA) is 41.6 Å². The summed E-state index contributed by atoms with van der Waals surface area (Å²) in [6, 6.07) is 0.316. The molecule has 2 rings (SSSR count). The third-order valence-corrected chi connectivity index (χ3v) is 3.65. The molecular weight excluding hydrogens is 180 g/mol. The Labute approximate surface area is 84.6 Å². The van der Waals surface area contributed by atoms with Crippen molar-refractivity contribution in [2.45, 2.75) is 19.4 Å². The Morgan fingerprint density at radius 2 is 2.29 bits per heavy atom. The van der Waals surface area contributed by atoms with E-state index < -0.39 is 0 Å². The number of rotatable bonds is 0. The lowest BCUT2D eigenvalue weighted by Gasteiger charge is -2.39. The van der Waals surface area contributed by atoms with Crippen LogP contribution in [0.15, 0.2) is 0 Å². The lowest BCUT2D eigenvalue weighted by molar-refractivity contribution is 0.0617. The molecule has 2 aliphatic rings. The van der Waals surface area contributed by atoms with E-state index in [1.54, 1.807) is 0 Å². The zero-order valence-electron chi connectivity index (χ0n) is 8.82. The first kappa shape index (κ1) is 9.77. The summed E-state index contributed by atoms with van der Waals surface area (Å²) in [5.41, 5.74) is 0. The third-order valence-electron chi connectivity index (χ3n) is 3.65. The van der Waals surface area contributed by atoms with E-state index in [1.165, 1.54) is 7.11 Å². The van der Waals surface area contributed by atoms with E-state index in [1.807, 2.05) is 4.90 Å². The number of ether oxygens (including phenoxy) is 1. The Hall–Kier alpha value is -0.770. The highest BCUT2D eigenvalue weighted by Gasteiger charge is 2.40. The van der Waals surface area contributed by atoms with Crippen LogP contribution < -0.4 is 5.32 Å². The quantitative estimate of drug-likeness (QED) is 0.622. The summed E-state index contributed by atoms with van der Waals surface area (Å²) in [4.78, 5) is 13.3. The summed E-state index contributed by atoms with van der Waals surface area (Å²) in [6.45, 7) is 5.13. The van der Waals surface area contributed by atoms with Crippen LogP contribution in [0.2, 0.25) is 0 Å². The molecule has 0 aliphatic carbocycles. The van der Waals surface area contributed by atoms with E-state index in [9.17, 15) is 4.79 Å². The van der Waals surface area contributed by atoms with Gasteiger partial charge < -0.3 is 15.0 Å². The number of carbonyl (C=O) groups excluding carboxylic acids is 1. The molecular formula is C10H18N2O2. The Kier molecular flexibility index (Phi) is 2.63. The predicted octanol–water partition coefficient (Wildman–Crippen LogP) is 0.683. The number of nitrogens with zero attached hydrogens (tertiary/aromatic N) is 1. The maximum atomic E-state index is 11.4. The normalized spacial score (nSPS) is 36.7. The van der Waals surface area contributed by atoms with Gasteiger partial charge in [0.05, 0.1) is 7.11 Å². The van der Waals surface area contributed by atoms with Gasteiger partial charge in [-0.3, -0.25) is 0 Å². The van der Waals surface area contributed by atoms with Crippen molar-refractivity contribution in [3.63, 3.8) is 0 Å². The fraction of sp³-hybridized carbons (Fsp3) is 0.900. The zero-order valence-corrected chi connectivity index (χ0v) is 8.82. The Balaban J connectivity index is 2.05. The Bertz CT molecular complexity index is 232. The fourth-order valence-electron chi connectivity index (χ4n) is 2.75. The first-order chi connectivity index (χ1) is 6.74. The molecule has 0 aromatic rings. The second-order valence-corrected chi connectivity index (χ2v) is 4.27. The molecule has 80 valence electrons. The number of amides is 1. The highest BCUT2D eigenvalue weighted by Crippen LogP contribution is 2.31. The number of hydrogen-bond donors (Lipinski definition) is 1. The van der Waals surface area contributed by atoms with Gasteiger partial charge in [-0.05, 0) is 31.7 Å².